The Bertz CT molecular complexity index is 489. The van der Waals surface area contributed by atoms with Crippen LogP contribution < -0.4 is 5.32 Å². The van der Waals surface area contributed by atoms with Crippen molar-refractivity contribution in [2.45, 2.75) is 32.2 Å². The summed E-state index contributed by atoms with van der Waals surface area (Å²) < 4.78 is 0. The number of nitro groups is 1. The molecule has 98 valence electrons. The lowest BCUT2D eigenvalue weighted by Gasteiger charge is -2.27. The van der Waals surface area contributed by atoms with Gasteiger partial charge in [0.2, 0.25) is 0 Å². The Morgan fingerprint density at radius 3 is 3.06 bits per heavy atom. The van der Waals surface area contributed by atoms with Crippen LogP contribution in [-0.2, 0) is 4.79 Å². The van der Waals surface area contributed by atoms with Gasteiger partial charge in [0.25, 0.3) is 0 Å². The van der Waals surface area contributed by atoms with E-state index >= 15 is 0 Å². The molecular formula is C10H13N3O4S. The smallest absolute Gasteiger partial charge is 0.345 e. The van der Waals surface area contributed by atoms with E-state index in [1.807, 2.05) is 0 Å². The van der Waals surface area contributed by atoms with Crippen LogP contribution in [0.5, 0.6) is 0 Å². The standard InChI is InChI=1S/C10H13N3O4S/c1-10(8(14)15)4-2-3-6(10)12-9-11-5-7(18-9)13(16)17/h5-6H,2-4H2,1H3,(H,11,12)(H,14,15). The summed E-state index contributed by atoms with van der Waals surface area (Å²) >= 11 is 0.926. The molecule has 0 saturated heterocycles. The summed E-state index contributed by atoms with van der Waals surface area (Å²) in [5, 5.41) is 23.2. The van der Waals surface area contributed by atoms with Crippen LogP contribution in [0.25, 0.3) is 0 Å². The highest BCUT2D eigenvalue weighted by Crippen LogP contribution is 2.40. The first-order valence-corrected chi connectivity index (χ1v) is 6.35. The van der Waals surface area contributed by atoms with Crippen LogP contribution >= 0.6 is 11.3 Å². The fourth-order valence-corrected chi connectivity index (χ4v) is 2.90. The molecule has 8 heteroatoms. The molecule has 0 radical (unpaired) electrons. The molecule has 1 fully saturated rings. The van der Waals surface area contributed by atoms with Gasteiger partial charge in [-0.2, -0.15) is 0 Å². The van der Waals surface area contributed by atoms with Gasteiger partial charge in [-0.25, -0.2) is 4.98 Å². The summed E-state index contributed by atoms with van der Waals surface area (Å²) in [7, 11) is 0. The largest absolute Gasteiger partial charge is 0.481 e. The molecule has 7 nitrogen and oxygen atoms in total. The molecule has 2 N–H and O–H groups in total. The van der Waals surface area contributed by atoms with Gasteiger partial charge in [0, 0.05) is 6.04 Å². The molecule has 0 bridgehead atoms. The number of hydrogen-bond acceptors (Lipinski definition) is 6. The van der Waals surface area contributed by atoms with E-state index in [9.17, 15) is 20.0 Å². The number of aromatic nitrogens is 1. The van der Waals surface area contributed by atoms with Crippen LogP contribution in [0.4, 0.5) is 10.1 Å². The van der Waals surface area contributed by atoms with Gasteiger partial charge in [0.15, 0.2) is 5.13 Å². The number of nitrogens with zero attached hydrogens (tertiary/aromatic N) is 2. The fraction of sp³-hybridized carbons (Fsp3) is 0.600. The maximum atomic E-state index is 11.3. The third kappa shape index (κ3) is 2.15. The number of carbonyl (C=O) groups is 1. The van der Waals surface area contributed by atoms with Gasteiger partial charge in [-0.15, -0.1) is 0 Å². The highest BCUT2D eigenvalue weighted by Gasteiger charge is 2.45. The van der Waals surface area contributed by atoms with Crippen LogP contribution in [0.1, 0.15) is 26.2 Å². The highest BCUT2D eigenvalue weighted by molar-refractivity contribution is 7.18. The van der Waals surface area contributed by atoms with Crippen molar-refractivity contribution in [3.05, 3.63) is 16.3 Å². The number of carboxylic acids is 1. The summed E-state index contributed by atoms with van der Waals surface area (Å²) in [6, 6.07) is -0.235. The summed E-state index contributed by atoms with van der Waals surface area (Å²) in [6.07, 6.45) is 3.34. The van der Waals surface area contributed by atoms with Crippen molar-refractivity contribution in [1.82, 2.24) is 4.98 Å². The maximum Gasteiger partial charge on any atom is 0.345 e. The van der Waals surface area contributed by atoms with E-state index < -0.39 is 16.3 Å². The Morgan fingerprint density at radius 1 is 1.78 bits per heavy atom. The van der Waals surface area contributed by atoms with E-state index in [1.54, 1.807) is 6.92 Å². The summed E-state index contributed by atoms with van der Waals surface area (Å²) in [6.45, 7) is 1.70. The molecule has 0 aromatic carbocycles. The van der Waals surface area contributed by atoms with Gasteiger partial charge < -0.3 is 10.4 Å². The summed E-state index contributed by atoms with van der Waals surface area (Å²) in [5.74, 6) is -0.844. The molecule has 18 heavy (non-hydrogen) atoms. The number of aliphatic carboxylic acids is 1. The minimum Gasteiger partial charge on any atom is -0.481 e. The second-order valence-electron chi connectivity index (χ2n) is 4.57. The SMILES string of the molecule is CC1(C(=O)O)CCCC1Nc1ncc([N+](=O)[O-])s1. The van der Waals surface area contributed by atoms with Crippen molar-refractivity contribution in [1.29, 1.82) is 0 Å². The van der Waals surface area contributed by atoms with E-state index in [-0.39, 0.29) is 11.0 Å². The first kappa shape index (κ1) is 12.7. The van der Waals surface area contributed by atoms with E-state index in [1.165, 1.54) is 6.20 Å². The van der Waals surface area contributed by atoms with Crippen molar-refractivity contribution < 1.29 is 14.8 Å². The van der Waals surface area contributed by atoms with E-state index in [0.29, 0.717) is 11.6 Å². The Balaban J connectivity index is 2.13. The lowest BCUT2D eigenvalue weighted by atomic mass is 9.85. The average Bonchev–Trinajstić information content (AvgIpc) is 2.88. The lowest BCUT2D eigenvalue weighted by molar-refractivity contribution is -0.380. The first-order chi connectivity index (χ1) is 8.43. The molecule has 1 aromatic rings. The van der Waals surface area contributed by atoms with Crippen molar-refractivity contribution in [3.8, 4) is 0 Å². The normalized spacial score (nSPS) is 27.1. The average molecular weight is 271 g/mol. The molecule has 0 aliphatic heterocycles. The molecule has 0 spiro atoms. The second-order valence-corrected chi connectivity index (χ2v) is 5.58. The molecule has 2 atom stereocenters. The topological polar surface area (TPSA) is 105 Å². The number of nitrogens with one attached hydrogen (secondary N) is 1. The van der Waals surface area contributed by atoms with Gasteiger partial charge in [-0.05, 0) is 31.1 Å². The second kappa shape index (κ2) is 4.52. The zero-order valence-electron chi connectivity index (χ0n) is 9.75. The number of hydrogen-bond donors (Lipinski definition) is 2. The monoisotopic (exact) mass is 271 g/mol. The van der Waals surface area contributed by atoms with E-state index in [2.05, 4.69) is 10.3 Å². The Labute approximate surface area is 107 Å². The highest BCUT2D eigenvalue weighted by atomic mass is 32.1. The van der Waals surface area contributed by atoms with Gasteiger partial charge >= 0.3 is 11.0 Å². The van der Waals surface area contributed by atoms with Gasteiger partial charge in [0.1, 0.15) is 6.20 Å². The van der Waals surface area contributed by atoms with Crippen molar-refractivity contribution in [2.75, 3.05) is 5.32 Å². The summed E-state index contributed by atoms with van der Waals surface area (Å²) in [5.41, 5.74) is -0.833. The van der Waals surface area contributed by atoms with E-state index in [0.717, 1.165) is 24.2 Å². The molecule has 1 aliphatic carbocycles. The van der Waals surface area contributed by atoms with E-state index in [4.69, 9.17) is 0 Å². The van der Waals surface area contributed by atoms with Crippen LogP contribution in [-0.4, -0.2) is 27.0 Å². The number of rotatable bonds is 4. The Morgan fingerprint density at radius 2 is 2.50 bits per heavy atom. The summed E-state index contributed by atoms with van der Waals surface area (Å²) in [4.78, 5) is 25.2. The number of carboxylic acid groups (broad SMARTS) is 1. The minimum atomic E-state index is -0.844. The predicted molar refractivity (Wildman–Crippen MR) is 65.8 cm³/mol. The van der Waals surface area contributed by atoms with Crippen LogP contribution in [0, 0.1) is 15.5 Å². The molecule has 2 rings (SSSR count). The molecule has 0 amide bonds. The predicted octanol–water partition coefficient (Wildman–Crippen LogP) is 2.11. The van der Waals surface area contributed by atoms with Gasteiger partial charge in [-0.1, -0.05) is 6.42 Å². The van der Waals surface area contributed by atoms with Crippen molar-refractivity contribution in [3.63, 3.8) is 0 Å². The molecule has 1 saturated carbocycles. The van der Waals surface area contributed by atoms with Crippen LogP contribution in [0.15, 0.2) is 6.20 Å². The zero-order valence-corrected chi connectivity index (χ0v) is 10.6. The van der Waals surface area contributed by atoms with Crippen LogP contribution in [0.3, 0.4) is 0 Å². The quantitative estimate of drug-likeness (QED) is 0.641. The van der Waals surface area contributed by atoms with Crippen molar-refractivity contribution in [2.24, 2.45) is 5.41 Å². The maximum absolute atomic E-state index is 11.3. The van der Waals surface area contributed by atoms with Gasteiger partial charge in [0.05, 0.1) is 10.3 Å². The Hall–Kier alpha value is -1.70. The fourth-order valence-electron chi connectivity index (χ4n) is 2.22. The molecule has 1 heterocycles. The first-order valence-electron chi connectivity index (χ1n) is 5.53. The molecule has 2 unspecified atom stereocenters. The number of anilines is 1. The van der Waals surface area contributed by atoms with Crippen LogP contribution in [0.2, 0.25) is 0 Å². The number of thiazole rings is 1. The molecule has 1 aliphatic rings. The lowest BCUT2D eigenvalue weighted by Crippen LogP contribution is -2.40. The minimum absolute atomic E-state index is 0.0486. The molecular weight excluding hydrogens is 258 g/mol. The third-order valence-electron chi connectivity index (χ3n) is 3.42. The van der Waals surface area contributed by atoms with Gasteiger partial charge in [-0.3, -0.25) is 14.9 Å². The zero-order chi connectivity index (χ0) is 13.3. The third-order valence-corrected chi connectivity index (χ3v) is 4.30. The molecule has 1 aromatic heterocycles. The Kier molecular flexibility index (Phi) is 3.20. The van der Waals surface area contributed by atoms with Crippen molar-refractivity contribution >= 4 is 27.4 Å².